The van der Waals surface area contributed by atoms with Gasteiger partial charge in [0.1, 0.15) is 6.04 Å². The molecule has 0 bridgehead atoms. The van der Waals surface area contributed by atoms with Gasteiger partial charge in [-0.15, -0.1) is 0 Å². The molecule has 1 N–H and O–H groups in total. The first kappa shape index (κ1) is 52.4. The van der Waals surface area contributed by atoms with Crippen molar-refractivity contribution in [2.75, 3.05) is 38.1 Å². The van der Waals surface area contributed by atoms with Crippen LogP contribution in [0, 0.1) is 0 Å². The van der Waals surface area contributed by atoms with Crippen LogP contribution in [-0.4, -0.2) is 88.8 Å². The van der Waals surface area contributed by atoms with Crippen LogP contribution < -0.4 is 5.32 Å². The van der Waals surface area contributed by atoms with Gasteiger partial charge in [-0.25, -0.2) is 4.79 Å². The second-order valence-electron chi connectivity index (χ2n) is 13.4. The zero-order valence-electron chi connectivity index (χ0n) is 31.6. The molecule has 55 heavy (non-hydrogen) atoms. The standard InChI is InChI=1S/C18H23BrF3NO4.C16H22F3NO3.C2H2Br2O/c1-17(2,3)27-11-14(16(25)26-4)23(15(24)9-19)10-12-5-7-13(8-6-12)18(20,21)22;1-15(2,3)23-10-13(14(21)22-4)20-9-11-5-7-12(8-6-11)16(17,18)19;3-1-2(4)5/h5-8,14H,9-11H2,1-4H3;5-8,13,20H,9-10H2,1-4H3;1H2/t14-;13-;/m00./s1. The number of ether oxygens (including phenoxy) is 4. The molecule has 0 heterocycles. The van der Waals surface area contributed by atoms with Crippen LogP contribution in [0.15, 0.2) is 48.5 Å². The van der Waals surface area contributed by atoms with Crippen molar-refractivity contribution in [3.8, 4) is 0 Å². The van der Waals surface area contributed by atoms with Gasteiger partial charge in [-0.3, -0.25) is 19.7 Å². The summed E-state index contributed by atoms with van der Waals surface area (Å²) in [5.74, 6) is -1.57. The number of alkyl halides is 8. The van der Waals surface area contributed by atoms with Gasteiger partial charge in [-0.2, -0.15) is 26.3 Å². The number of rotatable bonds is 14. The first-order chi connectivity index (χ1) is 25.2. The van der Waals surface area contributed by atoms with Crippen molar-refractivity contribution < 1.29 is 64.5 Å². The average molecular weight is 989 g/mol. The van der Waals surface area contributed by atoms with Crippen LogP contribution >= 0.6 is 47.8 Å². The van der Waals surface area contributed by atoms with Crippen molar-refractivity contribution in [1.82, 2.24) is 10.2 Å². The highest BCUT2D eigenvalue weighted by Gasteiger charge is 2.34. The minimum absolute atomic E-state index is 0.0162. The highest BCUT2D eigenvalue weighted by molar-refractivity contribution is 9.19. The molecule has 0 unspecified atom stereocenters. The molecule has 0 aliphatic heterocycles. The van der Waals surface area contributed by atoms with Crippen molar-refractivity contribution in [2.45, 2.75) is 90.3 Å². The van der Waals surface area contributed by atoms with E-state index in [0.717, 1.165) is 24.3 Å². The lowest BCUT2D eigenvalue weighted by Gasteiger charge is -2.32. The van der Waals surface area contributed by atoms with Crippen molar-refractivity contribution in [1.29, 1.82) is 0 Å². The van der Waals surface area contributed by atoms with E-state index in [4.69, 9.17) is 18.9 Å². The van der Waals surface area contributed by atoms with Crippen LogP contribution in [0.25, 0.3) is 0 Å². The van der Waals surface area contributed by atoms with E-state index in [-0.39, 0.29) is 36.3 Å². The van der Waals surface area contributed by atoms with E-state index in [1.807, 2.05) is 20.8 Å². The molecular weight excluding hydrogens is 942 g/mol. The molecule has 312 valence electrons. The Morgan fingerprint density at radius 3 is 1.42 bits per heavy atom. The fraction of sp³-hybridized carbons (Fsp3) is 0.556. The molecule has 0 saturated carbocycles. The lowest BCUT2D eigenvalue weighted by Crippen LogP contribution is -2.49. The summed E-state index contributed by atoms with van der Waals surface area (Å²) >= 11 is 8.67. The SMILES string of the molecule is COC(=O)[C@H](COC(C)(C)C)N(Cc1ccc(C(F)(F)F)cc1)C(=O)CBr.COC(=O)[C@H](COC(C)(C)C)NCc1ccc(C(F)(F)F)cc1.O=C(Br)CBr. The Kier molecular flexibility index (Phi) is 23.1. The maximum absolute atomic E-state index is 12.7. The van der Waals surface area contributed by atoms with E-state index in [1.54, 1.807) is 20.8 Å². The molecule has 2 aromatic rings. The van der Waals surface area contributed by atoms with Crippen molar-refractivity contribution >= 4 is 70.3 Å². The number of hydrogen-bond acceptors (Lipinski definition) is 9. The zero-order chi connectivity index (χ0) is 42.8. The van der Waals surface area contributed by atoms with Crippen LogP contribution in [0.2, 0.25) is 0 Å². The van der Waals surface area contributed by atoms with E-state index in [9.17, 15) is 45.5 Å². The lowest BCUT2D eigenvalue weighted by molar-refractivity contribution is -0.158. The summed E-state index contributed by atoms with van der Waals surface area (Å²) in [6.45, 7) is 11.1. The zero-order valence-corrected chi connectivity index (χ0v) is 36.4. The first-order valence-corrected chi connectivity index (χ1v) is 19.3. The largest absolute Gasteiger partial charge is 0.468 e. The number of esters is 2. The van der Waals surface area contributed by atoms with Crippen LogP contribution in [0.3, 0.4) is 0 Å². The fourth-order valence-electron chi connectivity index (χ4n) is 3.93. The minimum atomic E-state index is -4.45. The summed E-state index contributed by atoms with van der Waals surface area (Å²) in [5, 5.41) is 3.27. The first-order valence-electron chi connectivity index (χ1n) is 16.3. The summed E-state index contributed by atoms with van der Waals surface area (Å²) in [5.41, 5.74) is -1.39. The molecule has 0 radical (unpaired) electrons. The number of carbonyl (C=O) groups is 4. The molecule has 0 aliphatic rings. The summed E-state index contributed by atoms with van der Waals surface area (Å²) in [4.78, 5) is 47.2. The minimum Gasteiger partial charge on any atom is -0.468 e. The molecule has 2 aromatic carbocycles. The predicted octanol–water partition coefficient (Wildman–Crippen LogP) is 8.24. The maximum Gasteiger partial charge on any atom is 0.416 e. The van der Waals surface area contributed by atoms with Gasteiger partial charge in [-0.1, -0.05) is 56.1 Å². The molecule has 2 rings (SSSR count). The van der Waals surface area contributed by atoms with Gasteiger partial charge in [0.2, 0.25) is 10.6 Å². The number of halogens is 9. The summed E-state index contributed by atoms with van der Waals surface area (Å²) in [7, 11) is 2.47. The Morgan fingerprint density at radius 2 is 1.07 bits per heavy atom. The molecule has 10 nitrogen and oxygen atoms in total. The van der Waals surface area contributed by atoms with Crippen molar-refractivity contribution in [3.05, 3.63) is 70.8 Å². The Balaban J connectivity index is 0.000000952. The topological polar surface area (TPSA) is 120 Å². The van der Waals surface area contributed by atoms with Gasteiger partial charge >= 0.3 is 24.3 Å². The Labute approximate surface area is 342 Å². The molecule has 19 heteroatoms. The fourth-order valence-corrected chi connectivity index (χ4v) is 4.26. The third-order valence-electron chi connectivity index (χ3n) is 6.70. The third kappa shape index (κ3) is 22.7. The Hall–Kier alpha value is -2.58. The summed E-state index contributed by atoms with van der Waals surface area (Å²) in [6, 6.07) is 7.46. The highest BCUT2D eigenvalue weighted by atomic mass is 79.9. The normalized spacial score (nSPS) is 12.9. The van der Waals surface area contributed by atoms with Crippen molar-refractivity contribution in [2.24, 2.45) is 0 Å². The van der Waals surface area contributed by atoms with Crippen LogP contribution in [0.4, 0.5) is 26.3 Å². The molecule has 1 amide bonds. The average Bonchev–Trinajstić information content (AvgIpc) is 3.09. The lowest BCUT2D eigenvalue weighted by atomic mass is 10.1. The predicted molar refractivity (Wildman–Crippen MR) is 205 cm³/mol. The smallest absolute Gasteiger partial charge is 0.416 e. The van der Waals surface area contributed by atoms with Gasteiger partial charge in [-0.05, 0) is 92.9 Å². The third-order valence-corrected chi connectivity index (χ3v) is 8.72. The van der Waals surface area contributed by atoms with E-state index in [1.165, 1.54) is 43.4 Å². The monoisotopic (exact) mass is 986 g/mol. The molecular formula is C36H47Br3F6N2O8. The van der Waals surface area contributed by atoms with Gasteiger partial charge in [0.05, 0.1) is 60.4 Å². The number of nitrogens with one attached hydrogen (secondary N) is 1. The number of benzene rings is 2. The highest BCUT2D eigenvalue weighted by Crippen LogP contribution is 2.30. The molecule has 0 spiro atoms. The Morgan fingerprint density at radius 1 is 0.673 bits per heavy atom. The maximum atomic E-state index is 12.7. The second-order valence-corrected chi connectivity index (χ2v) is 15.4. The molecule has 0 aromatic heterocycles. The van der Waals surface area contributed by atoms with Gasteiger partial charge in [0, 0.05) is 13.1 Å². The van der Waals surface area contributed by atoms with Gasteiger partial charge in [0.25, 0.3) is 0 Å². The van der Waals surface area contributed by atoms with Crippen molar-refractivity contribution in [3.63, 3.8) is 0 Å². The van der Waals surface area contributed by atoms with E-state index >= 15 is 0 Å². The number of methoxy groups -OCH3 is 2. The second kappa shape index (κ2) is 24.2. The summed E-state index contributed by atoms with van der Waals surface area (Å²) in [6.07, 6.45) is -8.81. The van der Waals surface area contributed by atoms with Crippen LogP contribution in [0.5, 0.6) is 0 Å². The van der Waals surface area contributed by atoms with E-state index in [2.05, 4.69) is 53.1 Å². The van der Waals surface area contributed by atoms with Gasteiger partial charge in [0.15, 0.2) is 6.04 Å². The number of amides is 1. The Bertz CT molecular complexity index is 1480. The van der Waals surface area contributed by atoms with Crippen LogP contribution in [0.1, 0.15) is 63.8 Å². The van der Waals surface area contributed by atoms with Crippen LogP contribution in [-0.2, 0) is 63.6 Å². The van der Waals surface area contributed by atoms with Gasteiger partial charge < -0.3 is 23.8 Å². The summed E-state index contributed by atoms with van der Waals surface area (Å²) < 4.78 is 96.3. The quantitative estimate of drug-likeness (QED) is 0.0865. The van der Waals surface area contributed by atoms with E-state index in [0.29, 0.717) is 16.5 Å². The molecule has 0 aliphatic carbocycles. The number of carbonyl (C=O) groups excluding carboxylic acids is 4. The molecule has 0 fully saturated rings. The molecule has 0 saturated heterocycles. The number of hydrogen-bond donors (Lipinski definition) is 1. The molecule has 2 atom stereocenters. The van der Waals surface area contributed by atoms with E-state index < -0.39 is 64.6 Å². The number of nitrogens with zero attached hydrogens (tertiary/aromatic N) is 1.